The molecule has 0 aliphatic rings. The molecule has 2 aromatic rings. The lowest BCUT2D eigenvalue weighted by atomic mass is 10.1. The standard InChI is InChI=1S/C16H14ClF3N2O5S2/c1-28(24,25)10-6-7-12(17)14(8-10)29(26,27)22-13-5-3-2-4-11(13)15(23)21-9-16(18,19)20/h2-8,22H,9H2,1H3,(H,21,23). The zero-order valence-corrected chi connectivity index (χ0v) is 17.0. The monoisotopic (exact) mass is 470 g/mol. The number of carbonyl (C=O) groups excluding carboxylic acids is 1. The smallest absolute Gasteiger partial charge is 0.343 e. The average molecular weight is 471 g/mol. The summed E-state index contributed by atoms with van der Waals surface area (Å²) in [6, 6.07) is 8.01. The van der Waals surface area contributed by atoms with Crippen molar-refractivity contribution in [2.75, 3.05) is 17.5 Å². The number of carbonyl (C=O) groups is 1. The molecule has 0 heterocycles. The molecule has 0 atom stereocenters. The van der Waals surface area contributed by atoms with Crippen LogP contribution in [0.15, 0.2) is 52.3 Å². The second kappa shape index (κ2) is 8.20. The van der Waals surface area contributed by atoms with Crippen molar-refractivity contribution in [2.45, 2.75) is 16.0 Å². The van der Waals surface area contributed by atoms with Gasteiger partial charge in [-0.15, -0.1) is 0 Å². The first-order chi connectivity index (χ1) is 13.2. The zero-order valence-electron chi connectivity index (χ0n) is 14.6. The molecule has 13 heteroatoms. The third kappa shape index (κ3) is 6.08. The van der Waals surface area contributed by atoms with Crippen molar-refractivity contribution in [3.63, 3.8) is 0 Å². The van der Waals surface area contributed by atoms with Crippen LogP contribution in [0.2, 0.25) is 5.02 Å². The molecule has 0 radical (unpaired) electrons. The quantitative estimate of drug-likeness (QED) is 0.674. The molecule has 0 spiro atoms. The number of rotatable bonds is 6. The van der Waals surface area contributed by atoms with E-state index >= 15 is 0 Å². The number of amides is 1. The molecule has 0 unspecified atom stereocenters. The summed E-state index contributed by atoms with van der Waals surface area (Å²) in [7, 11) is -8.21. The van der Waals surface area contributed by atoms with Gasteiger partial charge in [0.1, 0.15) is 11.4 Å². The summed E-state index contributed by atoms with van der Waals surface area (Å²) in [5, 5.41) is 1.35. The van der Waals surface area contributed by atoms with Crippen LogP contribution >= 0.6 is 11.6 Å². The molecule has 0 saturated heterocycles. The SMILES string of the molecule is CS(=O)(=O)c1ccc(Cl)c(S(=O)(=O)Nc2ccccc2C(=O)NCC(F)(F)F)c1. The molecule has 2 rings (SSSR count). The van der Waals surface area contributed by atoms with Crippen LogP contribution in [-0.4, -0.2) is 41.7 Å². The van der Waals surface area contributed by atoms with E-state index in [4.69, 9.17) is 11.6 Å². The molecule has 29 heavy (non-hydrogen) atoms. The second-order valence-electron chi connectivity index (χ2n) is 5.81. The van der Waals surface area contributed by atoms with Crippen LogP contribution < -0.4 is 10.0 Å². The number of hydrogen-bond acceptors (Lipinski definition) is 5. The molecule has 0 aliphatic carbocycles. The minimum absolute atomic E-state index is 0.288. The summed E-state index contributed by atoms with van der Waals surface area (Å²) in [6.45, 7) is -1.60. The first kappa shape index (κ1) is 23.0. The van der Waals surface area contributed by atoms with Gasteiger partial charge in [-0.1, -0.05) is 23.7 Å². The van der Waals surface area contributed by atoms with E-state index in [1.165, 1.54) is 12.1 Å². The maximum Gasteiger partial charge on any atom is 0.405 e. The number of anilines is 1. The van der Waals surface area contributed by atoms with Crippen LogP contribution in [0.5, 0.6) is 0 Å². The van der Waals surface area contributed by atoms with Gasteiger partial charge in [0, 0.05) is 6.26 Å². The molecule has 0 bridgehead atoms. The van der Waals surface area contributed by atoms with Crippen LogP contribution in [0.4, 0.5) is 18.9 Å². The van der Waals surface area contributed by atoms with Crippen LogP contribution in [0, 0.1) is 0 Å². The highest BCUT2D eigenvalue weighted by Crippen LogP contribution is 2.28. The Kier molecular flexibility index (Phi) is 6.50. The van der Waals surface area contributed by atoms with Gasteiger partial charge in [-0.05, 0) is 30.3 Å². The Balaban J connectivity index is 2.41. The Morgan fingerprint density at radius 1 is 1.07 bits per heavy atom. The number of hydrogen-bond donors (Lipinski definition) is 2. The highest BCUT2D eigenvalue weighted by atomic mass is 35.5. The van der Waals surface area contributed by atoms with Gasteiger partial charge in [-0.3, -0.25) is 9.52 Å². The Labute approximate surface area is 169 Å². The molecule has 2 N–H and O–H groups in total. The minimum atomic E-state index is -4.65. The van der Waals surface area contributed by atoms with Gasteiger partial charge in [-0.2, -0.15) is 13.2 Å². The number of sulfone groups is 1. The summed E-state index contributed by atoms with van der Waals surface area (Å²) >= 11 is 5.88. The van der Waals surface area contributed by atoms with E-state index in [1.807, 2.05) is 0 Å². The number of sulfonamides is 1. The lowest BCUT2D eigenvalue weighted by Gasteiger charge is -2.14. The Morgan fingerprint density at radius 2 is 1.69 bits per heavy atom. The van der Waals surface area contributed by atoms with E-state index < -0.39 is 43.4 Å². The predicted octanol–water partition coefficient (Wildman–Crippen LogP) is 2.84. The second-order valence-corrected chi connectivity index (χ2v) is 9.89. The Bertz CT molecular complexity index is 1150. The first-order valence-corrected chi connectivity index (χ1v) is 11.4. The third-order valence-corrected chi connectivity index (χ3v) is 6.44. The van der Waals surface area contributed by atoms with Crippen molar-refractivity contribution in [1.29, 1.82) is 0 Å². The van der Waals surface area contributed by atoms with Crippen molar-refractivity contribution >= 4 is 43.1 Å². The van der Waals surface area contributed by atoms with Crippen molar-refractivity contribution < 1.29 is 34.8 Å². The summed E-state index contributed by atoms with van der Waals surface area (Å²) in [4.78, 5) is 11.2. The lowest BCUT2D eigenvalue weighted by molar-refractivity contribution is -0.123. The molecular formula is C16H14ClF3N2O5S2. The Hall–Kier alpha value is -2.31. The molecular weight excluding hydrogens is 457 g/mol. The number of halogens is 4. The Morgan fingerprint density at radius 3 is 2.28 bits per heavy atom. The molecule has 158 valence electrons. The van der Waals surface area contributed by atoms with Gasteiger partial charge in [0.2, 0.25) is 0 Å². The van der Waals surface area contributed by atoms with E-state index in [0.29, 0.717) is 0 Å². The molecule has 7 nitrogen and oxygen atoms in total. The topological polar surface area (TPSA) is 109 Å². The lowest BCUT2D eigenvalue weighted by Crippen LogP contribution is -2.34. The van der Waals surface area contributed by atoms with E-state index in [2.05, 4.69) is 4.72 Å². The fraction of sp³-hybridized carbons (Fsp3) is 0.188. The van der Waals surface area contributed by atoms with Crippen LogP contribution in [0.25, 0.3) is 0 Å². The average Bonchev–Trinajstić information content (AvgIpc) is 2.58. The normalized spacial score (nSPS) is 12.4. The van der Waals surface area contributed by atoms with Crippen molar-refractivity contribution in [2.24, 2.45) is 0 Å². The van der Waals surface area contributed by atoms with Gasteiger partial charge >= 0.3 is 6.18 Å². The molecule has 0 saturated carbocycles. The van der Waals surface area contributed by atoms with Crippen LogP contribution in [0.3, 0.4) is 0 Å². The van der Waals surface area contributed by atoms with Crippen molar-refractivity contribution in [1.82, 2.24) is 5.32 Å². The minimum Gasteiger partial charge on any atom is -0.343 e. The van der Waals surface area contributed by atoms with Gasteiger partial charge in [0.25, 0.3) is 15.9 Å². The molecule has 0 aliphatic heterocycles. The maximum atomic E-state index is 12.7. The van der Waals surface area contributed by atoms with E-state index in [0.717, 1.165) is 36.6 Å². The largest absolute Gasteiger partial charge is 0.405 e. The van der Waals surface area contributed by atoms with Crippen LogP contribution in [-0.2, 0) is 19.9 Å². The number of nitrogens with one attached hydrogen (secondary N) is 2. The van der Waals surface area contributed by atoms with Crippen LogP contribution in [0.1, 0.15) is 10.4 Å². The number of benzene rings is 2. The molecule has 0 fully saturated rings. The predicted molar refractivity (Wildman–Crippen MR) is 100 cm³/mol. The van der Waals surface area contributed by atoms with Crippen molar-refractivity contribution in [3.8, 4) is 0 Å². The highest BCUT2D eigenvalue weighted by molar-refractivity contribution is 7.93. The van der Waals surface area contributed by atoms with E-state index in [-0.39, 0.29) is 21.2 Å². The molecule has 1 amide bonds. The van der Waals surface area contributed by atoms with E-state index in [1.54, 1.807) is 5.32 Å². The summed E-state index contributed by atoms with van der Waals surface area (Å²) < 4.78 is 87.7. The number of alkyl halides is 3. The first-order valence-electron chi connectivity index (χ1n) is 7.67. The summed E-state index contributed by atoms with van der Waals surface area (Å²) in [5.74, 6) is -1.16. The van der Waals surface area contributed by atoms with E-state index in [9.17, 15) is 34.8 Å². The van der Waals surface area contributed by atoms with Gasteiger partial charge in [0.15, 0.2) is 9.84 Å². The highest BCUT2D eigenvalue weighted by Gasteiger charge is 2.29. The fourth-order valence-electron chi connectivity index (χ4n) is 2.17. The van der Waals surface area contributed by atoms with Gasteiger partial charge in [-0.25, -0.2) is 16.8 Å². The number of para-hydroxylation sites is 1. The summed E-state index contributed by atoms with van der Waals surface area (Å²) in [5.41, 5.74) is -0.677. The molecule has 0 aromatic heterocycles. The fourth-order valence-corrected chi connectivity index (χ4v) is 4.49. The van der Waals surface area contributed by atoms with Crippen molar-refractivity contribution in [3.05, 3.63) is 53.1 Å². The maximum absolute atomic E-state index is 12.7. The van der Waals surface area contributed by atoms with Gasteiger partial charge in [0.05, 0.1) is 21.2 Å². The summed E-state index contributed by atoms with van der Waals surface area (Å²) in [6.07, 6.45) is -3.77. The zero-order chi connectivity index (χ0) is 22.0. The van der Waals surface area contributed by atoms with Gasteiger partial charge < -0.3 is 5.32 Å². The third-order valence-electron chi connectivity index (χ3n) is 3.49. The molecule has 2 aromatic carbocycles.